The van der Waals surface area contributed by atoms with Crippen molar-refractivity contribution in [2.24, 2.45) is 0 Å². The number of benzene rings is 2. The summed E-state index contributed by atoms with van der Waals surface area (Å²) in [5.74, 6) is 1.09. The van der Waals surface area contributed by atoms with E-state index in [1.165, 1.54) is 33.9 Å². The molecule has 0 aliphatic carbocycles. The van der Waals surface area contributed by atoms with E-state index >= 15 is 0 Å². The van der Waals surface area contributed by atoms with Crippen LogP contribution in [-0.2, 0) is 6.54 Å². The number of rotatable bonds is 6. The maximum absolute atomic E-state index is 13.1. The summed E-state index contributed by atoms with van der Waals surface area (Å²) in [4.78, 5) is 17.0. The number of ether oxygens (including phenoxy) is 2. The Morgan fingerprint density at radius 1 is 1.04 bits per heavy atom. The molecule has 0 fully saturated rings. The minimum atomic E-state index is -0.340. The van der Waals surface area contributed by atoms with E-state index in [2.05, 4.69) is 10.1 Å². The van der Waals surface area contributed by atoms with Crippen molar-refractivity contribution in [2.75, 3.05) is 13.7 Å². The Hall–Kier alpha value is -3.68. The lowest BCUT2D eigenvalue weighted by Gasteiger charge is -2.09. The molecule has 142 valence electrons. The van der Waals surface area contributed by atoms with Crippen molar-refractivity contribution < 1.29 is 13.9 Å². The predicted octanol–water partition coefficient (Wildman–Crippen LogP) is 2.81. The molecule has 0 N–H and O–H groups in total. The molecule has 0 spiro atoms. The van der Waals surface area contributed by atoms with Crippen LogP contribution >= 0.6 is 0 Å². The van der Waals surface area contributed by atoms with Gasteiger partial charge in [0.1, 0.15) is 35.6 Å². The highest BCUT2D eigenvalue weighted by Gasteiger charge is 2.11. The fourth-order valence-electron chi connectivity index (χ4n) is 2.81. The molecule has 0 aliphatic rings. The van der Waals surface area contributed by atoms with E-state index in [0.29, 0.717) is 35.6 Å². The fraction of sp³-hybridized carbons (Fsp3) is 0.150. The molecule has 0 radical (unpaired) electrons. The van der Waals surface area contributed by atoms with Crippen molar-refractivity contribution in [2.45, 2.75) is 6.54 Å². The van der Waals surface area contributed by atoms with E-state index in [-0.39, 0.29) is 11.4 Å². The van der Waals surface area contributed by atoms with Crippen LogP contribution in [0.2, 0.25) is 0 Å². The average molecular weight is 380 g/mol. The Labute approximate surface area is 159 Å². The molecular weight excluding hydrogens is 363 g/mol. The van der Waals surface area contributed by atoms with E-state index in [0.717, 1.165) is 5.75 Å². The van der Waals surface area contributed by atoms with Crippen molar-refractivity contribution in [3.05, 3.63) is 77.2 Å². The summed E-state index contributed by atoms with van der Waals surface area (Å²) in [7, 11) is 1.60. The van der Waals surface area contributed by atoms with Crippen LogP contribution in [0.15, 0.2) is 65.8 Å². The maximum Gasteiger partial charge on any atom is 0.264 e. The van der Waals surface area contributed by atoms with Gasteiger partial charge < -0.3 is 9.47 Å². The molecule has 0 bridgehead atoms. The second-order valence-corrected chi connectivity index (χ2v) is 6.04. The summed E-state index contributed by atoms with van der Waals surface area (Å²) in [5.41, 5.74) is 0.838. The predicted molar refractivity (Wildman–Crippen MR) is 102 cm³/mol. The molecule has 0 amide bonds. The first-order valence-corrected chi connectivity index (χ1v) is 8.61. The number of fused-ring (bicyclic) bond motifs is 1. The van der Waals surface area contributed by atoms with Gasteiger partial charge in [0, 0.05) is 0 Å². The second kappa shape index (κ2) is 7.51. The van der Waals surface area contributed by atoms with Gasteiger partial charge in [0.05, 0.1) is 25.5 Å². The van der Waals surface area contributed by atoms with E-state index < -0.39 is 0 Å². The van der Waals surface area contributed by atoms with E-state index in [4.69, 9.17) is 9.47 Å². The van der Waals surface area contributed by atoms with Crippen molar-refractivity contribution in [1.29, 1.82) is 0 Å². The Balaban J connectivity index is 1.51. The van der Waals surface area contributed by atoms with Gasteiger partial charge in [-0.2, -0.15) is 5.10 Å². The van der Waals surface area contributed by atoms with Crippen molar-refractivity contribution >= 4 is 11.0 Å². The van der Waals surface area contributed by atoms with Crippen LogP contribution in [0.25, 0.3) is 16.7 Å². The normalized spacial score (nSPS) is 10.9. The molecular formula is C20H17FN4O3. The summed E-state index contributed by atoms with van der Waals surface area (Å²) < 4.78 is 26.9. The number of hydrogen-bond acceptors (Lipinski definition) is 5. The zero-order valence-electron chi connectivity index (χ0n) is 15.1. The van der Waals surface area contributed by atoms with E-state index in [1.54, 1.807) is 43.5 Å². The van der Waals surface area contributed by atoms with Crippen molar-refractivity contribution in [1.82, 2.24) is 19.3 Å². The quantitative estimate of drug-likeness (QED) is 0.514. The first-order chi connectivity index (χ1) is 13.7. The van der Waals surface area contributed by atoms with Gasteiger partial charge in [0.15, 0.2) is 5.65 Å². The van der Waals surface area contributed by atoms with Crippen LogP contribution in [-0.4, -0.2) is 33.0 Å². The molecule has 0 unspecified atom stereocenters. The van der Waals surface area contributed by atoms with Gasteiger partial charge in [0.25, 0.3) is 5.56 Å². The largest absolute Gasteiger partial charge is 0.497 e. The third-order valence-corrected chi connectivity index (χ3v) is 4.29. The highest BCUT2D eigenvalue weighted by atomic mass is 19.1. The topological polar surface area (TPSA) is 71.2 Å². The van der Waals surface area contributed by atoms with E-state index in [9.17, 15) is 9.18 Å². The SMILES string of the molecule is COc1ccc(OCCn2cnc3c(cnn3-c3ccc(F)cc3)c2=O)cc1. The van der Waals surface area contributed by atoms with Gasteiger partial charge in [-0.1, -0.05) is 0 Å². The molecule has 2 aromatic carbocycles. The monoisotopic (exact) mass is 380 g/mol. The minimum absolute atomic E-state index is 0.211. The highest BCUT2D eigenvalue weighted by Crippen LogP contribution is 2.17. The second-order valence-electron chi connectivity index (χ2n) is 6.04. The summed E-state index contributed by atoms with van der Waals surface area (Å²) in [6.07, 6.45) is 2.93. The van der Waals surface area contributed by atoms with Gasteiger partial charge in [-0.25, -0.2) is 14.1 Å². The van der Waals surface area contributed by atoms with Gasteiger partial charge in [-0.15, -0.1) is 0 Å². The zero-order chi connectivity index (χ0) is 19.5. The third kappa shape index (κ3) is 3.44. The lowest BCUT2D eigenvalue weighted by Crippen LogP contribution is -2.23. The molecule has 8 heteroatoms. The number of halogens is 1. The van der Waals surface area contributed by atoms with Crippen molar-refractivity contribution in [3.63, 3.8) is 0 Å². The molecule has 4 aromatic rings. The van der Waals surface area contributed by atoms with Crippen LogP contribution in [0.4, 0.5) is 4.39 Å². The molecule has 0 saturated heterocycles. The number of nitrogens with zero attached hydrogens (tertiary/aromatic N) is 4. The van der Waals surface area contributed by atoms with Gasteiger partial charge in [-0.05, 0) is 48.5 Å². The van der Waals surface area contributed by atoms with Gasteiger partial charge in [0.2, 0.25) is 0 Å². The molecule has 0 saturated carbocycles. The first kappa shape index (κ1) is 17.7. The summed E-state index contributed by atoms with van der Waals surface area (Å²) >= 11 is 0. The molecule has 4 rings (SSSR count). The van der Waals surface area contributed by atoms with Gasteiger partial charge >= 0.3 is 0 Å². The zero-order valence-corrected chi connectivity index (χ0v) is 15.1. The summed E-state index contributed by atoms with van der Waals surface area (Å²) in [5, 5.41) is 4.60. The maximum atomic E-state index is 13.1. The molecule has 2 heterocycles. The van der Waals surface area contributed by atoms with Gasteiger partial charge in [-0.3, -0.25) is 9.36 Å². The molecule has 2 aromatic heterocycles. The molecule has 0 aliphatic heterocycles. The molecule has 7 nitrogen and oxygen atoms in total. The average Bonchev–Trinajstić information content (AvgIpc) is 3.16. The summed E-state index contributed by atoms with van der Waals surface area (Å²) in [6.45, 7) is 0.654. The highest BCUT2D eigenvalue weighted by molar-refractivity contribution is 5.74. The lowest BCUT2D eigenvalue weighted by molar-refractivity contribution is 0.295. The Kier molecular flexibility index (Phi) is 4.76. The van der Waals surface area contributed by atoms with Crippen molar-refractivity contribution in [3.8, 4) is 17.2 Å². The standard InChI is InChI=1S/C20H17FN4O3/c1-27-16-6-8-17(9-7-16)28-11-10-24-13-22-19-18(20(24)26)12-23-25(19)15-4-2-14(21)3-5-15/h2-9,12-13H,10-11H2,1H3. The molecule has 0 atom stereocenters. The number of methoxy groups -OCH3 is 1. The lowest BCUT2D eigenvalue weighted by atomic mass is 10.3. The Bertz CT molecular complexity index is 1150. The van der Waals surface area contributed by atoms with Crippen LogP contribution in [0, 0.1) is 5.82 Å². The number of hydrogen-bond donors (Lipinski definition) is 0. The number of aromatic nitrogens is 4. The third-order valence-electron chi connectivity index (χ3n) is 4.29. The summed E-state index contributed by atoms with van der Waals surface area (Å²) in [6, 6.07) is 13.0. The smallest absolute Gasteiger partial charge is 0.264 e. The van der Waals surface area contributed by atoms with E-state index in [1.807, 2.05) is 0 Å². The first-order valence-electron chi connectivity index (χ1n) is 8.61. The van der Waals surface area contributed by atoms with Crippen LogP contribution < -0.4 is 15.0 Å². The van der Waals surface area contributed by atoms with Crippen LogP contribution in [0.3, 0.4) is 0 Å². The van der Waals surface area contributed by atoms with Crippen LogP contribution in [0.1, 0.15) is 0 Å². The Morgan fingerprint density at radius 2 is 1.75 bits per heavy atom. The molecule has 28 heavy (non-hydrogen) atoms. The fourth-order valence-corrected chi connectivity index (χ4v) is 2.81. The van der Waals surface area contributed by atoms with Crippen LogP contribution in [0.5, 0.6) is 11.5 Å². The minimum Gasteiger partial charge on any atom is -0.497 e. The Morgan fingerprint density at radius 3 is 2.46 bits per heavy atom.